The second-order valence-electron chi connectivity index (χ2n) is 5.26. The molecule has 0 heterocycles. The lowest BCUT2D eigenvalue weighted by Gasteiger charge is -2.20. The van der Waals surface area contributed by atoms with Crippen LogP contribution < -0.4 is 5.32 Å². The Morgan fingerprint density at radius 1 is 1.06 bits per heavy atom. The summed E-state index contributed by atoms with van der Waals surface area (Å²) in [5.74, 6) is -0.154. The molecule has 0 radical (unpaired) electrons. The molecule has 0 amide bonds. The molecule has 1 nitrogen and oxygen atoms in total. The quantitative estimate of drug-likeness (QED) is 0.753. The molecule has 0 aliphatic rings. The average molecular weight is 223 g/mol. The van der Waals surface area contributed by atoms with E-state index in [2.05, 4.69) is 26.1 Å². The van der Waals surface area contributed by atoms with Crippen molar-refractivity contribution in [1.82, 2.24) is 5.32 Å². The maximum atomic E-state index is 12.7. The average Bonchev–Trinajstić information content (AvgIpc) is 2.19. The SMILES string of the molecule is CC(C)(C)NCCCCc1ccc(F)cc1. The van der Waals surface area contributed by atoms with Gasteiger partial charge in [0.25, 0.3) is 0 Å². The molecule has 90 valence electrons. The van der Waals surface area contributed by atoms with Gasteiger partial charge in [0.15, 0.2) is 0 Å². The highest BCUT2D eigenvalue weighted by Gasteiger charge is 2.06. The van der Waals surface area contributed by atoms with Crippen molar-refractivity contribution in [2.24, 2.45) is 0 Å². The van der Waals surface area contributed by atoms with E-state index >= 15 is 0 Å². The largest absolute Gasteiger partial charge is 0.312 e. The van der Waals surface area contributed by atoms with Crippen LogP contribution in [0.1, 0.15) is 39.2 Å². The van der Waals surface area contributed by atoms with Crippen molar-refractivity contribution in [2.75, 3.05) is 6.54 Å². The van der Waals surface area contributed by atoms with Crippen molar-refractivity contribution in [3.8, 4) is 0 Å². The maximum absolute atomic E-state index is 12.7. The van der Waals surface area contributed by atoms with Gasteiger partial charge < -0.3 is 5.32 Å². The van der Waals surface area contributed by atoms with Crippen LogP contribution in [0.15, 0.2) is 24.3 Å². The van der Waals surface area contributed by atoms with E-state index in [4.69, 9.17) is 0 Å². The number of nitrogens with one attached hydrogen (secondary N) is 1. The maximum Gasteiger partial charge on any atom is 0.123 e. The fourth-order valence-electron chi connectivity index (χ4n) is 1.57. The van der Waals surface area contributed by atoms with Crippen molar-refractivity contribution in [2.45, 2.75) is 45.6 Å². The van der Waals surface area contributed by atoms with E-state index in [1.807, 2.05) is 12.1 Å². The van der Waals surface area contributed by atoms with E-state index in [1.165, 1.54) is 17.7 Å². The predicted molar refractivity (Wildman–Crippen MR) is 67.1 cm³/mol. The number of unbranched alkanes of at least 4 members (excludes halogenated alkanes) is 1. The molecular formula is C14H22FN. The smallest absolute Gasteiger partial charge is 0.123 e. The molecule has 1 aromatic carbocycles. The van der Waals surface area contributed by atoms with E-state index in [0.29, 0.717) is 0 Å². The molecule has 16 heavy (non-hydrogen) atoms. The summed E-state index contributed by atoms with van der Waals surface area (Å²) < 4.78 is 12.7. The molecule has 1 aromatic rings. The third-order valence-electron chi connectivity index (χ3n) is 2.46. The van der Waals surface area contributed by atoms with E-state index in [-0.39, 0.29) is 11.4 Å². The normalized spacial score (nSPS) is 11.8. The number of benzene rings is 1. The summed E-state index contributed by atoms with van der Waals surface area (Å²) in [5.41, 5.74) is 1.42. The first-order valence-corrected chi connectivity index (χ1v) is 5.97. The Hall–Kier alpha value is -0.890. The number of hydrogen-bond donors (Lipinski definition) is 1. The summed E-state index contributed by atoms with van der Waals surface area (Å²) in [6, 6.07) is 6.80. The van der Waals surface area contributed by atoms with Gasteiger partial charge in [-0.15, -0.1) is 0 Å². The van der Waals surface area contributed by atoms with Crippen molar-refractivity contribution in [1.29, 1.82) is 0 Å². The second-order valence-corrected chi connectivity index (χ2v) is 5.26. The zero-order valence-electron chi connectivity index (χ0n) is 10.5. The molecule has 0 spiro atoms. The number of aryl methyl sites for hydroxylation is 1. The molecule has 0 saturated heterocycles. The summed E-state index contributed by atoms with van der Waals surface area (Å²) in [5, 5.41) is 3.46. The number of halogens is 1. The van der Waals surface area contributed by atoms with Crippen LogP contribution in [0.2, 0.25) is 0 Å². The standard InChI is InChI=1S/C14H22FN/c1-14(2,3)16-11-5-4-6-12-7-9-13(15)10-8-12/h7-10,16H,4-6,11H2,1-3H3. The van der Waals surface area contributed by atoms with E-state index in [0.717, 1.165) is 25.8 Å². The zero-order valence-corrected chi connectivity index (χ0v) is 10.5. The van der Waals surface area contributed by atoms with Gasteiger partial charge in [0.1, 0.15) is 5.82 Å². The van der Waals surface area contributed by atoms with Crippen LogP contribution in [0.25, 0.3) is 0 Å². The van der Waals surface area contributed by atoms with Gasteiger partial charge in [-0.2, -0.15) is 0 Å². The van der Waals surface area contributed by atoms with E-state index < -0.39 is 0 Å². The fourth-order valence-corrected chi connectivity index (χ4v) is 1.57. The van der Waals surface area contributed by atoms with Crippen LogP contribution in [0.5, 0.6) is 0 Å². The molecule has 0 aliphatic carbocycles. The molecule has 0 saturated carbocycles. The fraction of sp³-hybridized carbons (Fsp3) is 0.571. The highest BCUT2D eigenvalue weighted by atomic mass is 19.1. The molecule has 0 unspecified atom stereocenters. The topological polar surface area (TPSA) is 12.0 Å². The van der Waals surface area contributed by atoms with Gasteiger partial charge in [0, 0.05) is 5.54 Å². The monoisotopic (exact) mass is 223 g/mol. The third-order valence-corrected chi connectivity index (χ3v) is 2.46. The molecule has 1 rings (SSSR count). The Morgan fingerprint density at radius 3 is 2.25 bits per heavy atom. The summed E-state index contributed by atoms with van der Waals surface area (Å²) in [6.07, 6.45) is 3.34. The molecule has 0 aliphatic heterocycles. The number of hydrogen-bond acceptors (Lipinski definition) is 1. The van der Waals surface area contributed by atoms with Gasteiger partial charge >= 0.3 is 0 Å². The van der Waals surface area contributed by atoms with Gasteiger partial charge in [-0.25, -0.2) is 4.39 Å². The Kier molecular flexibility index (Phi) is 4.94. The minimum atomic E-state index is -0.154. The van der Waals surface area contributed by atoms with E-state index in [9.17, 15) is 4.39 Å². The van der Waals surface area contributed by atoms with Crippen LogP contribution in [0.3, 0.4) is 0 Å². The van der Waals surface area contributed by atoms with Gasteiger partial charge in [0.2, 0.25) is 0 Å². The van der Waals surface area contributed by atoms with Crippen molar-refractivity contribution in [3.63, 3.8) is 0 Å². The van der Waals surface area contributed by atoms with Gasteiger partial charge in [-0.05, 0) is 64.3 Å². The second kappa shape index (κ2) is 6.00. The highest BCUT2D eigenvalue weighted by Crippen LogP contribution is 2.07. The molecular weight excluding hydrogens is 201 g/mol. The van der Waals surface area contributed by atoms with Crippen LogP contribution in [0, 0.1) is 5.82 Å². The first-order valence-electron chi connectivity index (χ1n) is 5.97. The summed E-state index contributed by atoms with van der Waals surface area (Å²) >= 11 is 0. The lowest BCUT2D eigenvalue weighted by Crippen LogP contribution is -2.36. The molecule has 2 heteroatoms. The van der Waals surface area contributed by atoms with Gasteiger partial charge in [0.05, 0.1) is 0 Å². The van der Waals surface area contributed by atoms with Crippen LogP contribution in [-0.2, 0) is 6.42 Å². The van der Waals surface area contributed by atoms with Gasteiger partial charge in [-0.3, -0.25) is 0 Å². The van der Waals surface area contributed by atoms with Gasteiger partial charge in [-0.1, -0.05) is 12.1 Å². The van der Waals surface area contributed by atoms with Crippen LogP contribution in [0.4, 0.5) is 4.39 Å². The summed E-state index contributed by atoms with van der Waals surface area (Å²) in [6.45, 7) is 7.57. The lowest BCUT2D eigenvalue weighted by atomic mass is 10.1. The van der Waals surface area contributed by atoms with Crippen molar-refractivity contribution < 1.29 is 4.39 Å². The van der Waals surface area contributed by atoms with E-state index in [1.54, 1.807) is 0 Å². The highest BCUT2D eigenvalue weighted by molar-refractivity contribution is 5.15. The minimum Gasteiger partial charge on any atom is -0.312 e. The Morgan fingerprint density at radius 2 is 1.69 bits per heavy atom. The molecule has 0 fully saturated rings. The lowest BCUT2D eigenvalue weighted by molar-refractivity contribution is 0.419. The molecule has 1 N–H and O–H groups in total. The first kappa shape index (κ1) is 13.2. The first-order chi connectivity index (χ1) is 7.47. The van der Waals surface area contributed by atoms with Crippen molar-refractivity contribution >= 4 is 0 Å². The van der Waals surface area contributed by atoms with Crippen LogP contribution in [-0.4, -0.2) is 12.1 Å². The molecule has 0 atom stereocenters. The Labute approximate surface area is 98.1 Å². The third kappa shape index (κ3) is 5.86. The molecule has 0 aromatic heterocycles. The summed E-state index contributed by atoms with van der Waals surface area (Å²) in [4.78, 5) is 0. The summed E-state index contributed by atoms with van der Waals surface area (Å²) in [7, 11) is 0. The minimum absolute atomic E-state index is 0.154. The Bertz CT molecular complexity index is 298. The Balaban J connectivity index is 2.14. The molecule has 0 bridgehead atoms. The van der Waals surface area contributed by atoms with Crippen LogP contribution >= 0.6 is 0 Å². The number of rotatable bonds is 5. The van der Waals surface area contributed by atoms with Crippen molar-refractivity contribution in [3.05, 3.63) is 35.6 Å². The zero-order chi connectivity index (χ0) is 12.0. The predicted octanol–water partition coefficient (Wildman–Crippen LogP) is 3.54.